The zero-order valence-corrected chi connectivity index (χ0v) is 14.4. The van der Waals surface area contributed by atoms with Gasteiger partial charge in [-0.05, 0) is 58.5 Å². The number of anilines is 1. The monoisotopic (exact) mass is 352 g/mol. The summed E-state index contributed by atoms with van der Waals surface area (Å²) >= 11 is 5.53. The first kappa shape index (κ1) is 15.5. The van der Waals surface area contributed by atoms with E-state index in [1.807, 2.05) is 11.3 Å². The van der Waals surface area contributed by atoms with Gasteiger partial charge in [-0.25, -0.2) is 0 Å². The fraction of sp³-hybridized carbons (Fsp3) is 0.375. The van der Waals surface area contributed by atoms with Crippen LogP contribution in [0.1, 0.15) is 24.3 Å². The van der Waals surface area contributed by atoms with Crippen molar-refractivity contribution in [3.8, 4) is 0 Å². The van der Waals surface area contributed by atoms with E-state index in [-0.39, 0.29) is 0 Å². The van der Waals surface area contributed by atoms with E-state index in [4.69, 9.17) is 0 Å². The zero-order chi connectivity index (χ0) is 14.4. The van der Waals surface area contributed by atoms with Crippen molar-refractivity contribution in [3.63, 3.8) is 0 Å². The highest BCUT2D eigenvalue weighted by Gasteiger charge is 2.10. The number of nitrogens with zero attached hydrogens (tertiary/aromatic N) is 1. The molecule has 2 rings (SSSR count). The maximum absolute atomic E-state index is 3.72. The summed E-state index contributed by atoms with van der Waals surface area (Å²) < 4.78 is 1.17. The fourth-order valence-corrected chi connectivity index (χ4v) is 3.54. The summed E-state index contributed by atoms with van der Waals surface area (Å²) in [6.07, 6.45) is 0. The average Bonchev–Trinajstić information content (AvgIpc) is 2.96. The minimum atomic E-state index is 0.923. The van der Waals surface area contributed by atoms with Gasteiger partial charge in [-0.3, -0.25) is 0 Å². The number of halogens is 1. The van der Waals surface area contributed by atoms with Gasteiger partial charge in [0.15, 0.2) is 0 Å². The Balaban J connectivity index is 2.13. The molecule has 20 heavy (non-hydrogen) atoms. The minimum Gasteiger partial charge on any atom is -0.366 e. The van der Waals surface area contributed by atoms with Gasteiger partial charge in [-0.2, -0.15) is 0 Å². The van der Waals surface area contributed by atoms with Crippen molar-refractivity contribution in [2.45, 2.75) is 26.9 Å². The first-order valence-electron chi connectivity index (χ1n) is 7.01. The highest BCUT2D eigenvalue weighted by atomic mass is 79.9. The van der Waals surface area contributed by atoms with Gasteiger partial charge in [0, 0.05) is 22.4 Å². The van der Waals surface area contributed by atoms with Crippen molar-refractivity contribution in [2.75, 3.05) is 18.0 Å². The molecule has 108 valence electrons. The lowest BCUT2D eigenvalue weighted by Gasteiger charge is -2.24. The summed E-state index contributed by atoms with van der Waals surface area (Å²) in [6.45, 7) is 8.23. The Hall–Kier alpha value is -0.840. The van der Waals surface area contributed by atoms with Crippen LogP contribution >= 0.6 is 27.3 Å². The second kappa shape index (κ2) is 7.81. The Morgan fingerprint density at radius 2 is 2.10 bits per heavy atom. The van der Waals surface area contributed by atoms with Gasteiger partial charge < -0.3 is 10.2 Å². The topological polar surface area (TPSA) is 15.3 Å². The number of nitrogens with one attached hydrogen (secondary N) is 1. The molecule has 0 aliphatic heterocycles. The molecule has 0 saturated heterocycles. The Labute approximate surface area is 133 Å². The lowest BCUT2D eigenvalue weighted by Crippen LogP contribution is -2.22. The quantitative estimate of drug-likeness (QED) is 0.780. The predicted molar refractivity (Wildman–Crippen MR) is 92.6 cm³/mol. The van der Waals surface area contributed by atoms with Crippen LogP contribution in [0.15, 0.2) is 40.2 Å². The number of hydrogen-bond acceptors (Lipinski definition) is 3. The molecule has 0 radical (unpaired) electrons. The summed E-state index contributed by atoms with van der Waals surface area (Å²) in [7, 11) is 0. The lowest BCUT2D eigenvalue weighted by molar-refractivity contribution is 0.726. The van der Waals surface area contributed by atoms with Crippen molar-refractivity contribution in [3.05, 3.63) is 50.6 Å². The SMILES string of the molecule is CCNCc1ccc(N(CC)Cc2cccs2)c(Br)c1. The molecule has 0 fully saturated rings. The molecule has 1 N–H and O–H groups in total. The Kier molecular flexibility index (Phi) is 6.07. The molecule has 0 aliphatic carbocycles. The van der Waals surface area contributed by atoms with Crippen molar-refractivity contribution < 1.29 is 0 Å². The normalized spacial score (nSPS) is 10.8. The first-order chi connectivity index (χ1) is 9.74. The molecule has 0 aliphatic rings. The van der Waals surface area contributed by atoms with Crippen molar-refractivity contribution in [1.29, 1.82) is 0 Å². The van der Waals surface area contributed by atoms with E-state index in [0.717, 1.165) is 26.2 Å². The Morgan fingerprint density at radius 1 is 1.25 bits per heavy atom. The second-order valence-electron chi connectivity index (χ2n) is 4.66. The molecule has 4 heteroatoms. The Bertz CT molecular complexity index is 525. The molecular formula is C16H21BrN2S. The highest BCUT2D eigenvalue weighted by Crippen LogP contribution is 2.29. The number of benzene rings is 1. The van der Waals surface area contributed by atoms with Crippen LogP contribution < -0.4 is 10.2 Å². The molecule has 0 unspecified atom stereocenters. The number of hydrogen-bond donors (Lipinski definition) is 1. The number of thiophene rings is 1. The maximum atomic E-state index is 3.72. The predicted octanol–water partition coefficient (Wildman–Crippen LogP) is 4.65. The largest absolute Gasteiger partial charge is 0.366 e. The molecule has 0 amide bonds. The van der Waals surface area contributed by atoms with E-state index >= 15 is 0 Å². The molecule has 0 spiro atoms. The third kappa shape index (κ3) is 4.08. The van der Waals surface area contributed by atoms with Crippen LogP contribution in [0.25, 0.3) is 0 Å². The van der Waals surface area contributed by atoms with E-state index in [1.165, 1.54) is 20.6 Å². The Morgan fingerprint density at radius 3 is 2.70 bits per heavy atom. The smallest absolute Gasteiger partial charge is 0.0523 e. The third-order valence-corrected chi connectivity index (χ3v) is 4.74. The molecule has 1 heterocycles. The van der Waals surface area contributed by atoms with Crippen LogP contribution in [0.4, 0.5) is 5.69 Å². The molecule has 0 bridgehead atoms. The fourth-order valence-electron chi connectivity index (χ4n) is 2.14. The average molecular weight is 353 g/mol. The standard InChI is InChI=1S/C16H21BrN2S/c1-3-18-11-13-7-8-16(15(17)10-13)19(4-2)12-14-6-5-9-20-14/h5-10,18H,3-4,11-12H2,1-2H3. The van der Waals surface area contributed by atoms with Gasteiger partial charge in [0.05, 0.1) is 12.2 Å². The molecule has 1 aromatic heterocycles. The van der Waals surface area contributed by atoms with Gasteiger partial charge in [-0.1, -0.05) is 19.1 Å². The summed E-state index contributed by atoms with van der Waals surface area (Å²) in [5, 5.41) is 5.49. The van der Waals surface area contributed by atoms with E-state index in [1.54, 1.807) is 0 Å². The molecule has 0 saturated carbocycles. The lowest BCUT2D eigenvalue weighted by atomic mass is 10.2. The maximum Gasteiger partial charge on any atom is 0.0523 e. The highest BCUT2D eigenvalue weighted by molar-refractivity contribution is 9.10. The van der Waals surface area contributed by atoms with Gasteiger partial charge in [0.1, 0.15) is 0 Å². The summed E-state index contributed by atoms with van der Waals surface area (Å²) in [5.74, 6) is 0. The summed E-state index contributed by atoms with van der Waals surface area (Å²) in [6, 6.07) is 11.0. The van der Waals surface area contributed by atoms with Gasteiger partial charge in [-0.15, -0.1) is 11.3 Å². The van der Waals surface area contributed by atoms with Crippen LogP contribution in [0.5, 0.6) is 0 Å². The van der Waals surface area contributed by atoms with Crippen LogP contribution in [-0.2, 0) is 13.1 Å². The molecule has 0 atom stereocenters. The third-order valence-electron chi connectivity index (χ3n) is 3.24. The number of rotatable bonds is 7. The first-order valence-corrected chi connectivity index (χ1v) is 8.68. The van der Waals surface area contributed by atoms with Crippen molar-refractivity contribution in [1.82, 2.24) is 5.32 Å². The van der Waals surface area contributed by atoms with Crippen molar-refractivity contribution in [2.24, 2.45) is 0 Å². The zero-order valence-electron chi connectivity index (χ0n) is 12.0. The van der Waals surface area contributed by atoms with Crippen LogP contribution in [-0.4, -0.2) is 13.1 Å². The minimum absolute atomic E-state index is 0.923. The van der Waals surface area contributed by atoms with E-state index in [0.29, 0.717) is 0 Å². The van der Waals surface area contributed by atoms with Gasteiger partial charge in [0.2, 0.25) is 0 Å². The molecule has 2 aromatic rings. The second-order valence-corrected chi connectivity index (χ2v) is 6.55. The molecule has 1 aromatic carbocycles. The molecule has 2 nitrogen and oxygen atoms in total. The van der Waals surface area contributed by atoms with Crippen molar-refractivity contribution >= 4 is 33.0 Å². The van der Waals surface area contributed by atoms with E-state index in [9.17, 15) is 0 Å². The molecular weight excluding hydrogens is 332 g/mol. The summed E-state index contributed by atoms with van der Waals surface area (Å²) in [4.78, 5) is 3.79. The van der Waals surface area contributed by atoms with E-state index < -0.39 is 0 Å². The van der Waals surface area contributed by atoms with Gasteiger partial charge >= 0.3 is 0 Å². The van der Waals surface area contributed by atoms with Crippen LogP contribution in [0, 0.1) is 0 Å². The van der Waals surface area contributed by atoms with Gasteiger partial charge in [0.25, 0.3) is 0 Å². The van der Waals surface area contributed by atoms with Crippen LogP contribution in [0.3, 0.4) is 0 Å². The van der Waals surface area contributed by atoms with Crippen LogP contribution in [0.2, 0.25) is 0 Å². The summed E-state index contributed by atoms with van der Waals surface area (Å²) in [5.41, 5.74) is 2.58. The van der Waals surface area contributed by atoms with E-state index in [2.05, 4.69) is 75.7 Å².